The topological polar surface area (TPSA) is 145 Å². The maximum absolute atomic E-state index is 9.82. The third-order valence-corrected chi connectivity index (χ3v) is 11.8. The van der Waals surface area contributed by atoms with Gasteiger partial charge in [-0.05, 0) is 68.7 Å². The van der Waals surface area contributed by atoms with Crippen LogP contribution in [0, 0.1) is 22.7 Å². The molecule has 0 bridgehead atoms. The molecule has 54 heavy (non-hydrogen) atoms. The lowest BCUT2D eigenvalue weighted by molar-refractivity contribution is -0.0806. The summed E-state index contributed by atoms with van der Waals surface area (Å²) in [5.74, 6) is 1.46. The molecule has 0 aliphatic carbocycles. The molecule has 1 fully saturated rings. The Kier molecular flexibility index (Phi) is 14.3. The lowest BCUT2D eigenvalue weighted by Crippen LogP contribution is -2.39. The van der Waals surface area contributed by atoms with Crippen LogP contribution in [0.4, 0.5) is 5.82 Å². The zero-order valence-electron chi connectivity index (χ0n) is 31.4. The molecule has 1 aliphatic heterocycles. The molecular weight excluding hydrogens is 725 g/mol. The van der Waals surface area contributed by atoms with Crippen LogP contribution < -0.4 is 15.2 Å². The Hall–Kier alpha value is -4.29. The zero-order valence-corrected chi connectivity index (χ0v) is 33.1. The van der Waals surface area contributed by atoms with Crippen LogP contribution in [-0.2, 0) is 24.1 Å². The summed E-state index contributed by atoms with van der Waals surface area (Å²) in [6.45, 7) is 8.62. The van der Waals surface area contributed by atoms with Crippen LogP contribution in [0.3, 0.4) is 0 Å². The molecule has 4 atom stereocenters. The standard InChI is InChI=1S/C41H47ClN5O6P/c1-27(2)47(28(3)4)54(51-22-10-21-43)53-37-23-36(35-25-46-40(45)34(24-44)39(35)42)52-38(37)26-50-41(29-11-8-7-9-12-29,30-13-17-32(48-5)18-14-30)31-15-19-33(49-6)20-16-31/h7-9,11-20,25,27-28,36-38H,10,22-23,26H2,1-6H3,(H2,45,46)/t36-,37+,38-,54?/m1/s1. The van der Waals surface area contributed by atoms with Gasteiger partial charge in [0.15, 0.2) is 0 Å². The van der Waals surface area contributed by atoms with Crippen LogP contribution in [0.5, 0.6) is 11.5 Å². The highest BCUT2D eigenvalue weighted by atomic mass is 35.5. The number of rotatable bonds is 17. The van der Waals surface area contributed by atoms with Gasteiger partial charge in [-0.15, -0.1) is 0 Å². The number of hydrogen-bond acceptors (Lipinski definition) is 11. The summed E-state index contributed by atoms with van der Waals surface area (Å²) in [4.78, 5) is 4.26. The Bertz CT molecular complexity index is 1850. The third kappa shape index (κ3) is 8.97. The number of hydrogen-bond donors (Lipinski definition) is 1. The van der Waals surface area contributed by atoms with E-state index < -0.39 is 32.4 Å². The van der Waals surface area contributed by atoms with Crippen LogP contribution in [-0.4, -0.2) is 61.4 Å². The first-order valence-electron chi connectivity index (χ1n) is 17.8. The number of benzene rings is 3. The summed E-state index contributed by atoms with van der Waals surface area (Å²) in [5.41, 5.74) is 8.13. The van der Waals surface area contributed by atoms with E-state index in [9.17, 15) is 10.5 Å². The predicted molar refractivity (Wildman–Crippen MR) is 209 cm³/mol. The molecule has 1 aliphatic rings. The minimum absolute atomic E-state index is 0.0440. The SMILES string of the molecule is COc1ccc(C(OC[C@H]2O[C@@H](c3cnc(N)c(C#N)c3Cl)C[C@@H]2OP(OCCC#N)N(C(C)C)C(C)C)(c2ccccc2)c2ccc(OC)cc2)cc1. The number of pyridine rings is 1. The molecule has 1 unspecified atom stereocenters. The summed E-state index contributed by atoms with van der Waals surface area (Å²) < 4.78 is 40.5. The molecular formula is C41H47ClN5O6P. The molecule has 5 rings (SSSR count). The molecule has 13 heteroatoms. The van der Waals surface area contributed by atoms with Crippen LogP contribution in [0.2, 0.25) is 5.02 Å². The van der Waals surface area contributed by atoms with Crippen LogP contribution in [0.25, 0.3) is 0 Å². The van der Waals surface area contributed by atoms with E-state index >= 15 is 0 Å². The van der Waals surface area contributed by atoms with Crippen LogP contribution in [0.1, 0.15) is 74.5 Å². The van der Waals surface area contributed by atoms with Crippen molar-refractivity contribution in [2.75, 3.05) is 33.2 Å². The molecule has 1 aromatic heterocycles. The first-order valence-corrected chi connectivity index (χ1v) is 19.3. The zero-order chi connectivity index (χ0) is 38.8. The van der Waals surface area contributed by atoms with E-state index in [2.05, 4.69) is 49.5 Å². The summed E-state index contributed by atoms with van der Waals surface area (Å²) in [5, 5.41) is 19.3. The summed E-state index contributed by atoms with van der Waals surface area (Å²) in [6.07, 6.45) is 0.329. The fraction of sp³-hybridized carbons (Fsp3) is 0.390. The molecule has 0 radical (unpaired) electrons. The van der Waals surface area contributed by atoms with Crippen molar-refractivity contribution in [2.24, 2.45) is 0 Å². The van der Waals surface area contributed by atoms with E-state index in [4.69, 9.17) is 45.3 Å². The van der Waals surface area contributed by atoms with Crippen molar-refractivity contribution in [1.29, 1.82) is 10.5 Å². The van der Waals surface area contributed by atoms with Crippen molar-refractivity contribution in [2.45, 2.75) is 76.5 Å². The van der Waals surface area contributed by atoms with Gasteiger partial charge in [0.05, 0.1) is 57.2 Å². The second-order valence-corrected chi connectivity index (χ2v) is 15.1. The summed E-state index contributed by atoms with van der Waals surface area (Å²) in [7, 11) is 1.62. The molecule has 284 valence electrons. The van der Waals surface area contributed by atoms with Gasteiger partial charge >= 0.3 is 0 Å². The smallest absolute Gasteiger partial charge is 0.259 e. The Morgan fingerprint density at radius 2 is 1.50 bits per heavy atom. The largest absolute Gasteiger partial charge is 0.497 e. The molecule has 1 saturated heterocycles. The van der Waals surface area contributed by atoms with Crippen molar-refractivity contribution in [1.82, 2.24) is 9.65 Å². The van der Waals surface area contributed by atoms with Crippen molar-refractivity contribution >= 4 is 25.9 Å². The van der Waals surface area contributed by atoms with Gasteiger partial charge in [-0.1, -0.05) is 66.2 Å². The Morgan fingerprint density at radius 3 is 2.02 bits per heavy atom. The van der Waals surface area contributed by atoms with Crippen molar-refractivity contribution < 1.29 is 28.0 Å². The van der Waals surface area contributed by atoms with Gasteiger partial charge in [-0.3, -0.25) is 0 Å². The fourth-order valence-corrected chi connectivity index (χ4v) is 8.78. The first-order chi connectivity index (χ1) is 26.1. The minimum atomic E-state index is -1.65. The number of ether oxygens (including phenoxy) is 4. The lowest BCUT2D eigenvalue weighted by Gasteiger charge is -2.39. The van der Waals surface area contributed by atoms with Gasteiger partial charge in [-0.2, -0.15) is 10.5 Å². The quantitative estimate of drug-likeness (QED) is 0.0625. The van der Waals surface area contributed by atoms with Crippen molar-refractivity contribution in [3.63, 3.8) is 0 Å². The number of nitrogen functional groups attached to an aromatic ring is 1. The average Bonchev–Trinajstić information content (AvgIpc) is 3.57. The third-order valence-electron chi connectivity index (χ3n) is 9.26. The number of nitrogens with zero attached hydrogens (tertiary/aromatic N) is 4. The average molecular weight is 772 g/mol. The van der Waals surface area contributed by atoms with Gasteiger partial charge in [-0.25, -0.2) is 9.65 Å². The highest BCUT2D eigenvalue weighted by Crippen LogP contribution is 2.52. The number of halogens is 1. The monoisotopic (exact) mass is 771 g/mol. The Morgan fingerprint density at radius 1 is 0.926 bits per heavy atom. The van der Waals surface area contributed by atoms with E-state index in [0.29, 0.717) is 23.5 Å². The summed E-state index contributed by atoms with van der Waals surface area (Å²) in [6, 6.07) is 30.0. The normalized spacial score (nSPS) is 17.7. The van der Waals surface area contributed by atoms with Crippen LogP contribution in [0.15, 0.2) is 85.1 Å². The molecule has 4 aromatic rings. The number of nitriles is 2. The molecule has 11 nitrogen and oxygen atoms in total. The molecule has 0 spiro atoms. The number of anilines is 1. The second kappa shape index (κ2) is 18.8. The van der Waals surface area contributed by atoms with Gasteiger partial charge in [0.25, 0.3) is 8.53 Å². The summed E-state index contributed by atoms with van der Waals surface area (Å²) >= 11 is 6.78. The fourth-order valence-electron chi connectivity index (χ4n) is 6.71. The molecule has 2 N–H and O–H groups in total. The van der Waals surface area contributed by atoms with Gasteiger partial charge in [0, 0.05) is 30.3 Å². The van der Waals surface area contributed by atoms with Gasteiger partial charge < -0.3 is 33.7 Å². The Balaban J connectivity index is 1.61. The molecule has 2 heterocycles. The maximum Gasteiger partial charge on any atom is 0.259 e. The number of nitrogens with two attached hydrogens (primary N) is 1. The van der Waals surface area contributed by atoms with E-state index in [1.165, 1.54) is 0 Å². The van der Waals surface area contributed by atoms with E-state index in [1.807, 2.05) is 78.9 Å². The number of aromatic nitrogens is 1. The lowest BCUT2D eigenvalue weighted by atomic mass is 9.80. The first kappa shape index (κ1) is 40.9. The maximum atomic E-state index is 9.82. The Labute approximate surface area is 324 Å². The second-order valence-electron chi connectivity index (χ2n) is 13.3. The number of methoxy groups -OCH3 is 2. The van der Waals surface area contributed by atoms with Crippen molar-refractivity contribution in [3.8, 4) is 23.6 Å². The highest BCUT2D eigenvalue weighted by Gasteiger charge is 2.45. The van der Waals surface area contributed by atoms with E-state index in [-0.39, 0.29) is 48.1 Å². The van der Waals surface area contributed by atoms with E-state index in [0.717, 1.165) is 16.7 Å². The van der Waals surface area contributed by atoms with Crippen molar-refractivity contribution in [3.05, 3.63) is 118 Å². The molecule has 0 amide bonds. The van der Waals surface area contributed by atoms with Crippen LogP contribution >= 0.6 is 20.1 Å². The minimum Gasteiger partial charge on any atom is -0.497 e. The molecule has 3 aromatic carbocycles. The van der Waals surface area contributed by atoms with Gasteiger partial charge in [0.1, 0.15) is 40.7 Å². The predicted octanol–water partition coefficient (Wildman–Crippen LogP) is 8.71. The highest BCUT2D eigenvalue weighted by molar-refractivity contribution is 7.44. The molecule has 0 saturated carbocycles. The van der Waals surface area contributed by atoms with E-state index in [1.54, 1.807) is 20.4 Å². The van der Waals surface area contributed by atoms with Gasteiger partial charge in [0.2, 0.25) is 0 Å².